The molecule has 6 rings (SSSR count). The van der Waals surface area contributed by atoms with E-state index in [9.17, 15) is 14.4 Å². The molecule has 0 saturated heterocycles. The molecule has 0 spiro atoms. The van der Waals surface area contributed by atoms with E-state index < -0.39 is 22.9 Å². The third-order valence-electron chi connectivity index (χ3n) is 8.07. The number of rotatable bonds is 17. The van der Waals surface area contributed by atoms with Gasteiger partial charge in [-0.3, -0.25) is 9.59 Å². The van der Waals surface area contributed by atoms with Gasteiger partial charge in [0.05, 0.1) is 26.8 Å². The van der Waals surface area contributed by atoms with Gasteiger partial charge < -0.3 is 27.4 Å². The highest BCUT2D eigenvalue weighted by Gasteiger charge is 2.27. The van der Waals surface area contributed by atoms with Crippen LogP contribution >= 0.6 is 28.7 Å². The van der Waals surface area contributed by atoms with Gasteiger partial charge in [-0.1, -0.05) is 109 Å². The third-order valence-corrected chi connectivity index (χ3v) is 11.3. The molecule has 0 N–H and O–H groups in total. The number of aldehydes is 3. The van der Waals surface area contributed by atoms with Gasteiger partial charge in [0.2, 0.25) is 0 Å². The number of hydrogen-bond acceptors (Lipinski definition) is 9. The van der Waals surface area contributed by atoms with E-state index in [1.807, 2.05) is 98.5 Å². The molecule has 3 atom stereocenters. The van der Waals surface area contributed by atoms with E-state index in [-0.39, 0.29) is 5.75 Å². The summed E-state index contributed by atoms with van der Waals surface area (Å²) in [5, 5.41) is 3.83. The van der Waals surface area contributed by atoms with Gasteiger partial charge in [-0.25, -0.2) is 0 Å². The molecule has 0 aliphatic rings. The van der Waals surface area contributed by atoms with E-state index in [1.54, 1.807) is 61.5 Å². The molecule has 0 aromatic heterocycles. The summed E-state index contributed by atoms with van der Waals surface area (Å²) in [4.78, 5) is 37.2. The van der Waals surface area contributed by atoms with Crippen molar-refractivity contribution in [3.05, 3.63) is 156 Å². The Bertz CT molecular complexity index is 2340. The number of carbonyl (C=O) groups is 3. The zero-order valence-electron chi connectivity index (χ0n) is 29.7. The molecule has 0 bridgehead atoms. The van der Waals surface area contributed by atoms with Crippen LogP contribution in [0.2, 0.25) is 0 Å². The summed E-state index contributed by atoms with van der Waals surface area (Å²) in [7, 11) is -3.80. The largest absolute Gasteiger partial charge is 0.530 e. The average molecular weight is 775 g/mol. The molecule has 0 radical (unpaired) electrons. The first-order chi connectivity index (χ1) is 26.4. The summed E-state index contributed by atoms with van der Waals surface area (Å²) < 4.78 is 32.1. The van der Waals surface area contributed by atoms with Crippen LogP contribution in [0.4, 0.5) is 0 Å². The highest BCUT2D eigenvalue weighted by atomic mass is 32.2. The van der Waals surface area contributed by atoms with Gasteiger partial charge in [-0.15, -0.1) is 0 Å². The topological polar surface area (TPSA) is 97.4 Å². The Morgan fingerprint density at radius 1 is 0.611 bits per heavy atom. The second-order valence-corrected chi connectivity index (χ2v) is 15.0. The highest BCUT2D eigenvalue weighted by molar-refractivity contribution is 8.00. The third kappa shape index (κ3) is 9.18. The van der Waals surface area contributed by atoms with Gasteiger partial charge in [0.25, 0.3) is 8.38 Å². The first kappa shape index (κ1) is 38.3. The van der Waals surface area contributed by atoms with Crippen LogP contribution in [0, 0.1) is 5.92 Å². The van der Waals surface area contributed by atoms with Gasteiger partial charge in [0.15, 0.2) is 12.6 Å². The fourth-order valence-corrected chi connectivity index (χ4v) is 8.75. The van der Waals surface area contributed by atoms with Crippen LogP contribution in [-0.2, 0) is 9.32 Å². The summed E-state index contributed by atoms with van der Waals surface area (Å²) in [6.07, 6.45) is 7.54. The lowest BCUT2D eigenvalue weighted by Crippen LogP contribution is -2.08. The predicted octanol–water partition coefficient (Wildman–Crippen LogP) is 12.2. The fourth-order valence-electron chi connectivity index (χ4n) is 5.35. The number of fused-ring (bicyclic) bond motifs is 2. The van der Waals surface area contributed by atoms with Crippen LogP contribution in [0.15, 0.2) is 155 Å². The van der Waals surface area contributed by atoms with E-state index in [4.69, 9.17) is 22.6 Å². The quantitative estimate of drug-likeness (QED) is 0.0388. The van der Waals surface area contributed by atoms with Gasteiger partial charge in [-0.05, 0) is 77.9 Å². The van der Waals surface area contributed by atoms with Gasteiger partial charge in [0.1, 0.15) is 35.0 Å². The van der Waals surface area contributed by atoms with Crippen molar-refractivity contribution in [2.45, 2.75) is 23.6 Å². The summed E-state index contributed by atoms with van der Waals surface area (Å²) in [6.45, 7) is 5.42. The van der Waals surface area contributed by atoms with Crippen molar-refractivity contribution in [1.29, 1.82) is 0 Å². The van der Waals surface area contributed by atoms with E-state index in [2.05, 4.69) is 0 Å². The van der Waals surface area contributed by atoms with Gasteiger partial charge >= 0.3 is 8.60 Å². The lowest BCUT2D eigenvalue weighted by Gasteiger charge is -2.23. The van der Waals surface area contributed by atoms with Crippen LogP contribution in [0.3, 0.4) is 0 Å². The molecule has 6 aromatic carbocycles. The Hall–Kier alpha value is -5.46. The van der Waals surface area contributed by atoms with Crippen LogP contribution < -0.4 is 18.1 Å². The fraction of sp³-hybridized carbons (Fsp3) is 0.0930. The van der Waals surface area contributed by atoms with Crippen LogP contribution in [-0.4, -0.2) is 25.5 Å². The molecular formula is C43H36O8P2S. The normalized spacial score (nSPS) is 13.2. The summed E-state index contributed by atoms with van der Waals surface area (Å²) in [5.74, 6) is 1.48. The summed E-state index contributed by atoms with van der Waals surface area (Å²) in [5.41, 5.74) is 0.753. The van der Waals surface area contributed by atoms with Crippen molar-refractivity contribution >= 4 is 69.1 Å². The smallest absolute Gasteiger partial charge is 0.438 e. The molecule has 3 unspecified atom stereocenters. The lowest BCUT2D eigenvalue weighted by atomic mass is 10.1. The Balaban J connectivity index is 1.44. The van der Waals surface area contributed by atoms with Crippen molar-refractivity contribution < 1.29 is 37.0 Å². The van der Waals surface area contributed by atoms with Crippen molar-refractivity contribution in [2.75, 3.05) is 6.66 Å². The van der Waals surface area contributed by atoms with E-state index in [0.29, 0.717) is 40.4 Å². The second kappa shape index (κ2) is 18.5. The maximum atomic E-state index is 12.0. The minimum Gasteiger partial charge on any atom is -0.438 e. The number of carbonyl (C=O) groups excluding carboxylic acids is 3. The molecule has 0 amide bonds. The van der Waals surface area contributed by atoms with Gasteiger partial charge in [0, 0.05) is 6.66 Å². The predicted molar refractivity (Wildman–Crippen MR) is 217 cm³/mol. The zero-order chi connectivity index (χ0) is 37.9. The Kier molecular flexibility index (Phi) is 13.1. The molecule has 0 fully saturated rings. The molecule has 11 heteroatoms. The van der Waals surface area contributed by atoms with Crippen molar-refractivity contribution in [3.63, 3.8) is 0 Å². The van der Waals surface area contributed by atoms with E-state index in [1.165, 1.54) is 11.8 Å². The minimum atomic E-state index is -2.27. The molecule has 272 valence electrons. The summed E-state index contributed by atoms with van der Waals surface area (Å²) in [6, 6.07) is 37.5. The number of hydrogen-bond donors (Lipinski definition) is 0. The monoisotopic (exact) mass is 774 g/mol. The standard InChI is InChI=1S/C43H36O8P2S/c1-4-5-20-37(30(2)27-44)49-53(50-39-22-13-9-17-34(39)29-46)51-41-26-24-32-15-7-11-19-36(32)43(41)54-42-35-18-10-6-14-31(35)23-25-40(42)48-52(3)47-38-21-12-8-16-33(38)28-45/h4-30H,1-3H3/b5-4-,37-20+. The minimum absolute atomic E-state index is 0.273. The highest BCUT2D eigenvalue weighted by Crippen LogP contribution is 2.53. The number of benzene rings is 6. The Labute approximate surface area is 320 Å². The maximum Gasteiger partial charge on any atom is 0.530 e. The Morgan fingerprint density at radius 2 is 1.09 bits per heavy atom. The first-order valence-electron chi connectivity index (χ1n) is 16.9. The lowest BCUT2D eigenvalue weighted by molar-refractivity contribution is -0.110. The first-order valence-corrected chi connectivity index (χ1v) is 20.5. The molecule has 8 nitrogen and oxygen atoms in total. The average Bonchev–Trinajstić information content (AvgIpc) is 3.20. The molecule has 0 aliphatic heterocycles. The molecule has 6 aromatic rings. The zero-order valence-corrected chi connectivity index (χ0v) is 32.3. The van der Waals surface area contributed by atoms with Gasteiger partial charge in [-0.2, -0.15) is 0 Å². The van der Waals surface area contributed by atoms with E-state index in [0.717, 1.165) is 43.9 Å². The SMILES string of the molecule is C/C=C\C=C(\OP(Oc1ccccc1C=O)Oc1ccc2ccccc2c1Sc1c(OP(C)Oc2ccccc2C=O)ccc2ccccc12)C(C)C=O. The Morgan fingerprint density at radius 3 is 1.65 bits per heavy atom. The van der Waals surface area contributed by atoms with Crippen molar-refractivity contribution in [3.8, 4) is 23.0 Å². The van der Waals surface area contributed by atoms with Crippen molar-refractivity contribution in [1.82, 2.24) is 0 Å². The number of allylic oxidation sites excluding steroid dienone is 4. The second-order valence-electron chi connectivity index (χ2n) is 11.8. The molecule has 0 heterocycles. The van der Waals surface area contributed by atoms with Crippen LogP contribution in [0.5, 0.6) is 23.0 Å². The maximum absolute atomic E-state index is 12.0. The van der Waals surface area contributed by atoms with Crippen LogP contribution in [0.25, 0.3) is 21.5 Å². The van der Waals surface area contributed by atoms with Crippen LogP contribution in [0.1, 0.15) is 34.6 Å². The molecule has 0 aliphatic carbocycles. The molecule has 0 saturated carbocycles. The molecular weight excluding hydrogens is 738 g/mol. The number of para-hydroxylation sites is 2. The summed E-state index contributed by atoms with van der Waals surface area (Å²) >= 11 is 1.47. The molecule has 54 heavy (non-hydrogen) atoms. The van der Waals surface area contributed by atoms with E-state index >= 15 is 0 Å². The van der Waals surface area contributed by atoms with Crippen molar-refractivity contribution in [2.24, 2.45) is 5.92 Å².